The van der Waals surface area contributed by atoms with E-state index in [-0.39, 0.29) is 11.0 Å². The molecule has 2 aromatic rings. The normalized spacial score (nSPS) is 17.8. The average Bonchev–Trinajstić information content (AvgIpc) is 2.93. The maximum absolute atomic E-state index is 12.8. The number of amides is 1. The molecule has 0 aromatic carbocycles. The van der Waals surface area contributed by atoms with Crippen molar-refractivity contribution >= 4 is 33.5 Å². The number of thiophene rings is 1. The number of rotatable bonds is 6. The molecule has 0 saturated carbocycles. The third kappa shape index (κ3) is 7.70. The number of fused-ring (bicyclic) bond motifs is 1. The minimum atomic E-state index is -4.24. The Morgan fingerprint density at radius 1 is 1.27 bits per heavy atom. The summed E-state index contributed by atoms with van der Waals surface area (Å²) in [5, 5.41) is 4.20. The lowest BCUT2D eigenvalue weighted by Crippen LogP contribution is -2.40. The second kappa shape index (κ2) is 10.4. The van der Waals surface area contributed by atoms with Gasteiger partial charge in [-0.15, -0.1) is 11.3 Å². The van der Waals surface area contributed by atoms with Gasteiger partial charge in [0.25, 0.3) is 0 Å². The summed E-state index contributed by atoms with van der Waals surface area (Å²) in [7, 11) is 1.72. The van der Waals surface area contributed by atoms with E-state index in [4.69, 9.17) is 4.74 Å². The number of halogens is 3. The van der Waals surface area contributed by atoms with Gasteiger partial charge in [-0.25, -0.2) is 14.8 Å². The molecule has 1 saturated heterocycles. The lowest BCUT2D eigenvalue weighted by molar-refractivity contribution is -0.126. The molecule has 0 radical (unpaired) electrons. The van der Waals surface area contributed by atoms with E-state index >= 15 is 0 Å². The van der Waals surface area contributed by atoms with Crippen molar-refractivity contribution in [3.05, 3.63) is 17.3 Å². The zero-order valence-corrected chi connectivity index (χ0v) is 20.4. The number of nitrogens with one attached hydrogen (secondary N) is 1. The third-order valence-corrected chi connectivity index (χ3v) is 6.39. The molecule has 11 heteroatoms. The number of hydrogen-bond donors (Lipinski definition) is 1. The number of alkyl halides is 3. The van der Waals surface area contributed by atoms with Crippen molar-refractivity contribution in [1.29, 1.82) is 0 Å². The Hall–Kier alpha value is -2.14. The predicted molar refractivity (Wildman–Crippen MR) is 124 cm³/mol. The first-order valence-electron chi connectivity index (χ1n) is 11.1. The van der Waals surface area contributed by atoms with Crippen molar-refractivity contribution in [2.24, 2.45) is 0 Å². The van der Waals surface area contributed by atoms with E-state index in [1.165, 1.54) is 6.33 Å². The maximum atomic E-state index is 12.8. The molecule has 0 aliphatic carbocycles. The summed E-state index contributed by atoms with van der Waals surface area (Å²) < 4.78 is 43.8. The number of hydrogen-bond acceptors (Lipinski definition) is 7. The highest BCUT2D eigenvalue weighted by atomic mass is 32.1. The zero-order valence-electron chi connectivity index (χ0n) is 19.5. The maximum Gasteiger partial charge on any atom is 0.410 e. The number of aromatic nitrogens is 2. The Morgan fingerprint density at radius 3 is 2.73 bits per heavy atom. The van der Waals surface area contributed by atoms with Gasteiger partial charge in [0.15, 0.2) is 0 Å². The summed E-state index contributed by atoms with van der Waals surface area (Å²) in [5.74, 6) is 0.704. The highest BCUT2D eigenvalue weighted by molar-refractivity contribution is 7.18. The standard InChI is InChI=1S/C22H32F3N5O2S/c1-21(2,3)32-20(31)29(4)11-8-26-15-6-5-9-30(10-7-15)18-17-12-16(13-22(23,24)25)33-19(17)28-14-27-18/h12,14-15,26H,5-11,13H2,1-4H3. The van der Waals surface area contributed by atoms with Gasteiger partial charge >= 0.3 is 12.3 Å². The van der Waals surface area contributed by atoms with Crippen molar-refractivity contribution in [3.63, 3.8) is 0 Å². The molecule has 1 fully saturated rings. The number of carbonyl (C=O) groups excluding carboxylic acids is 1. The van der Waals surface area contributed by atoms with Crippen LogP contribution in [0.4, 0.5) is 23.8 Å². The van der Waals surface area contributed by atoms with E-state index in [9.17, 15) is 18.0 Å². The van der Waals surface area contributed by atoms with Gasteiger partial charge in [-0.2, -0.15) is 13.2 Å². The molecule has 1 unspecified atom stereocenters. The van der Waals surface area contributed by atoms with Crippen molar-refractivity contribution in [2.45, 2.75) is 64.3 Å². The lowest BCUT2D eigenvalue weighted by Gasteiger charge is -2.25. The van der Waals surface area contributed by atoms with Gasteiger partial charge in [0.05, 0.1) is 11.8 Å². The fourth-order valence-corrected chi connectivity index (χ4v) is 4.83. The molecule has 0 spiro atoms. The third-order valence-electron chi connectivity index (χ3n) is 5.35. The van der Waals surface area contributed by atoms with Crippen LogP contribution in [0.1, 0.15) is 44.9 Å². The smallest absolute Gasteiger partial charge is 0.410 e. The monoisotopic (exact) mass is 487 g/mol. The van der Waals surface area contributed by atoms with E-state index in [1.807, 2.05) is 20.8 Å². The molecule has 1 N–H and O–H groups in total. The van der Waals surface area contributed by atoms with Crippen LogP contribution in [-0.4, -0.2) is 72.0 Å². The second-order valence-electron chi connectivity index (χ2n) is 9.39. The Kier molecular flexibility index (Phi) is 8.04. The van der Waals surface area contributed by atoms with E-state index in [0.29, 0.717) is 35.2 Å². The van der Waals surface area contributed by atoms with Crippen LogP contribution in [0.15, 0.2) is 12.4 Å². The Bertz CT molecular complexity index is 944. The molecule has 184 valence electrons. The predicted octanol–water partition coefficient (Wildman–Crippen LogP) is 4.61. The van der Waals surface area contributed by atoms with Crippen LogP contribution >= 0.6 is 11.3 Å². The van der Waals surface area contributed by atoms with E-state index < -0.39 is 18.2 Å². The minimum absolute atomic E-state index is 0.253. The largest absolute Gasteiger partial charge is 0.444 e. The summed E-state index contributed by atoms with van der Waals surface area (Å²) in [6.07, 6.45) is -1.32. The molecule has 2 aromatic heterocycles. The summed E-state index contributed by atoms with van der Waals surface area (Å²) in [6, 6.07) is 1.87. The number of anilines is 1. The molecule has 1 aliphatic rings. The zero-order chi connectivity index (χ0) is 24.2. The number of carbonyl (C=O) groups is 1. The van der Waals surface area contributed by atoms with Crippen LogP contribution in [0.5, 0.6) is 0 Å². The van der Waals surface area contributed by atoms with Crippen LogP contribution in [0.2, 0.25) is 0 Å². The topological polar surface area (TPSA) is 70.6 Å². The van der Waals surface area contributed by atoms with Gasteiger partial charge in [0.1, 0.15) is 22.6 Å². The molecule has 3 rings (SSSR count). The number of likely N-dealkylation sites (N-methyl/N-ethyl adjacent to an activating group) is 1. The van der Waals surface area contributed by atoms with Gasteiger partial charge in [0, 0.05) is 44.1 Å². The molecule has 1 aliphatic heterocycles. The SMILES string of the molecule is CN(CCNC1CCCN(c2ncnc3sc(CC(F)(F)F)cc23)CC1)C(=O)OC(C)(C)C. The highest BCUT2D eigenvalue weighted by Gasteiger charge is 2.29. The molecule has 33 heavy (non-hydrogen) atoms. The van der Waals surface area contributed by atoms with Gasteiger partial charge in [0.2, 0.25) is 0 Å². The van der Waals surface area contributed by atoms with Crippen molar-refractivity contribution in [3.8, 4) is 0 Å². The van der Waals surface area contributed by atoms with Crippen molar-refractivity contribution in [1.82, 2.24) is 20.2 Å². The minimum Gasteiger partial charge on any atom is -0.444 e. The molecule has 1 atom stereocenters. The summed E-state index contributed by atoms with van der Waals surface area (Å²) in [4.78, 5) is 25.2. The highest BCUT2D eigenvalue weighted by Crippen LogP contribution is 2.34. The molecular formula is C22H32F3N5O2S. The first kappa shape index (κ1) is 25.5. The number of ether oxygens (including phenoxy) is 1. The second-order valence-corrected chi connectivity index (χ2v) is 10.5. The molecule has 0 bridgehead atoms. The lowest BCUT2D eigenvalue weighted by atomic mass is 10.1. The van der Waals surface area contributed by atoms with Gasteiger partial charge in [-0.1, -0.05) is 0 Å². The van der Waals surface area contributed by atoms with Crippen LogP contribution in [0.3, 0.4) is 0 Å². The van der Waals surface area contributed by atoms with E-state index in [0.717, 1.165) is 43.7 Å². The van der Waals surface area contributed by atoms with Gasteiger partial charge in [-0.3, -0.25) is 0 Å². The summed E-state index contributed by atoms with van der Waals surface area (Å²) >= 11 is 1.07. The molecule has 3 heterocycles. The number of nitrogens with zero attached hydrogens (tertiary/aromatic N) is 4. The summed E-state index contributed by atoms with van der Waals surface area (Å²) in [6.45, 7) is 8.25. The van der Waals surface area contributed by atoms with Crippen LogP contribution in [-0.2, 0) is 11.2 Å². The average molecular weight is 488 g/mol. The quantitative estimate of drug-likeness (QED) is 0.642. The Balaban J connectivity index is 1.55. The first-order valence-corrected chi connectivity index (χ1v) is 12.0. The van der Waals surface area contributed by atoms with E-state index in [2.05, 4.69) is 20.2 Å². The van der Waals surface area contributed by atoms with Gasteiger partial charge < -0.3 is 19.9 Å². The summed E-state index contributed by atoms with van der Waals surface area (Å²) in [5.41, 5.74) is -0.522. The van der Waals surface area contributed by atoms with Crippen LogP contribution in [0.25, 0.3) is 10.2 Å². The fourth-order valence-electron chi connectivity index (χ4n) is 3.81. The molecule has 7 nitrogen and oxygen atoms in total. The Morgan fingerprint density at radius 2 is 2.03 bits per heavy atom. The van der Waals surface area contributed by atoms with E-state index in [1.54, 1.807) is 18.0 Å². The van der Waals surface area contributed by atoms with Crippen LogP contribution < -0.4 is 10.2 Å². The molecular weight excluding hydrogens is 455 g/mol. The fraction of sp³-hybridized carbons (Fsp3) is 0.682. The van der Waals surface area contributed by atoms with Gasteiger partial charge in [-0.05, 0) is 46.1 Å². The van der Waals surface area contributed by atoms with Crippen LogP contribution in [0, 0.1) is 0 Å². The first-order chi connectivity index (χ1) is 15.4. The molecule has 1 amide bonds. The Labute approximate surface area is 196 Å². The van der Waals surface area contributed by atoms with Crippen molar-refractivity contribution in [2.75, 3.05) is 38.1 Å². The van der Waals surface area contributed by atoms with Crippen molar-refractivity contribution < 1.29 is 22.7 Å².